The third kappa shape index (κ3) is 7.59. The zero-order chi connectivity index (χ0) is 17.9. The van der Waals surface area contributed by atoms with Crippen molar-refractivity contribution >= 4 is 17.5 Å². The van der Waals surface area contributed by atoms with Gasteiger partial charge in [-0.15, -0.1) is 0 Å². The summed E-state index contributed by atoms with van der Waals surface area (Å²) >= 11 is 0. The van der Waals surface area contributed by atoms with Crippen molar-refractivity contribution < 1.29 is 9.59 Å². The standard InChI is InChI=1S/C15H21N3O2.C4H10/c1-12(19)16-15-5-3-14(4-6-15)11-17-7-9-18(10-8-17)13(2)20;1-3-4-2/h3-6H,7-11H2,1-2H3,(H,16,19);3-4H2,1-2H3. The molecule has 1 fully saturated rings. The summed E-state index contributed by atoms with van der Waals surface area (Å²) in [4.78, 5) is 26.4. The number of hydrogen-bond acceptors (Lipinski definition) is 3. The van der Waals surface area contributed by atoms with E-state index in [0.29, 0.717) is 0 Å². The summed E-state index contributed by atoms with van der Waals surface area (Å²) < 4.78 is 0. The van der Waals surface area contributed by atoms with E-state index in [1.807, 2.05) is 29.2 Å². The quantitative estimate of drug-likeness (QED) is 0.921. The number of piperazine rings is 1. The fourth-order valence-corrected chi connectivity index (χ4v) is 2.38. The highest BCUT2D eigenvalue weighted by atomic mass is 16.2. The number of anilines is 1. The van der Waals surface area contributed by atoms with Crippen LogP contribution in [0.1, 0.15) is 46.1 Å². The predicted molar refractivity (Wildman–Crippen MR) is 98.9 cm³/mol. The van der Waals surface area contributed by atoms with Crippen molar-refractivity contribution in [3.8, 4) is 0 Å². The molecule has 1 aliphatic rings. The summed E-state index contributed by atoms with van der Waals surface area (Å²) in [6, 6.07) is 7.90. The highest BCUT2D eigenvalue weighted by Crippen LogP contribution is 2.13. The molecular formula is C19H31N3O2. The van der Waals surface area contributed by atoms with E-state index >= 15 is 0 Å². The third-order valence-electron chi connectivity index (χ3n) is 4.00. The maximum Gasteiger partial charge on any atom is 0.221 e. The van der Waals surface area contributed by atoms with E-state index in [9.17, 15) is 9.59 Å². The van der Waals surface area contributed by atoms with Gasteiger partial charge in [0.2, 0.25) is 11.8 Å². The molecule has 0 saturated carbocycles. The van der Waals surface area contributed by atoms with Crippen molar-refractivity contribution in [1.82, 2.24) is 9.80 Å². The number of hydrogen-bond donors (Lipinski definition) is 1. The predicted octanol–water partition coefficient (Wildman–Crippen LogP) is 3.12. The van der Waals surface area contributed by atoms with E-state index in [1.165, 1.54) is 25.3 Å². The van der Waals surface area contributed by atoms with Gasteiger partial charge in [0, 0.05) is 52.3 Å². The van der Waals surface area contributed by atoms with Crippen molar-refractivity contribution in [2.24, 2.45) is 0 Å². The molecule has 1 saturated heterocycles. The number of nitrogens with one attached hydrogen (secondary N) is 1. The second-order valence-electron chi connectivity index (χ2n) is 6.16. The monoisotopic (exact) mass is 333 g/mol. The number of unbranched alkanes of at least 4 members (excludes halogenated alkanes) is 1. The van der Waals surface area contributed by atoms with Gasteiger partial charge in [0.15, 0.2) is 0 Å². The van der Waals surface area contributed by atoms with E-state index in [1.54, 1.807) is 6.92 Å². The molecule has 1 heterocycles. The van der Waals surface area contributed by atoms with Gasteiger partial charge in [-0.05, 0) is 17.7 Å². The Morgan fingerprint density at radius 1 is 0.958 bits per heavy atom. The first-order chi connectivity index (χ1) is 11.5. The molecule has 5 nitrogen and oxygen atoms in total. The number of carbonyl (C=O) groups is 2. The van der Waals surface area contributed by atoms with Crippen LogP contribution in [0.2, 0.25) is 0 Å². The van der Waals surface area contributed by atoms with Gasteiger partial charge in [0.25, 0.3) is 0 Å². The van der Waals surface area contributed by atoms with Gasteiger partial charge in [-0.1, -0.05) is 38.8 Å². The van der Waals surface area contributed by atoms with Crippen molar-refractivity contribution in [2.75, 3.05) is 31.5 Å². The lowest BCUT2D eigenvalue weighted by Crippen LogP contribution is -2.47. The highest BCUT2D eigenvalue weighted by Gasteiger charge is 2.18. The number of carbonyl (C=O) groups excluding carboxylic acids is 2. The van der Waals surface area contributed by atoms with Crippen LogP contribution in [0, 0.1) is 0 Å². The summed E-state index contributed by atoms with van der Waals surface area (Å²) in [5, 5.41) is 2.76. The molecule has 2 rings (SSSR count). The molecule has 1 N–H and O–H groups in total. The first-order valence-corrected chi connectivity index (χ1v) is 8.80. The van der Waals surface area contributed by atoms with Crippen molar-refractivity contribution in [3.63, 3.8) is 0 Å². The number of nitrogens with zero attached hydrogens (tertiary/aromatic N) is 2. The zero-order valence-corrected chi connectivity index (χ0v) is 15.5. The lowest BCUT2D eigenvalue weighted by Gasteiger charge is -2.34. The van der Waals surface area contributed by atoms with Crippen LogP contribution >= 0.6 is 0 Å². The minimum atomic E-state index is -0.0573. The van der Waals surface area contributed by atoms with E-state index in [2.05, 4.69) is 24.1 Å². The highest BCUT2D eigenvalue weighted by molar-refractivity contribution is 5.88. The molecule has 5 heteroatoms. The molecule has 2 amide bonds. The van der Waals surface area contributed by atoms with Gasteiger partial charge in [0.05, 0.1) is 0 Å². The lowest BCUT2D eigenvalue weighted by molar-refractivity contribution is -0.130. The third-order valence-corrected chi connectivity index (χ3v) is 4.00. The Bertz CT molecular complexity index is 504. The number of rotatable bonds is 4. The van der Waals surface area contributed by atoms with Gasteiger partial charge in [-0.3, -0.25) is 14.5 Å². The van der Waals surface area contributed by atoms with Crippen LogP contribution in [-0.4, -0.2) is 47.8 Å². The summed E-state index contributed by atoms with van der Waals surface area (Å²) in [7, 11) is 0. The molecule has 134 valence electrons. The van der Waals surface area contributed by atoms with Gasteiger partial charge in [0.1, 0.15) is 0 Å². The maximum atomic E-state index is 11.3. The van der Waals surface area contributed by atoms with Crippen LogP contribution in [0.4, 0.5) is 5.69 Å². The summed E-state index contributed by atoms with van der Waals surface area (Å²) in [6.07, 6.45) is 2.64. The summed E-state index contributed by atoms with van der Waals surface area (Å²) in [5.41, 5.74) is 2.04. The fraction of sp³-hybridized carbons (Fsp3) is 0.579. The van der Waals surface area contributed by atoms with Crippen LogP contribution in [0.5, 0.6) is 0 Å². The fourth-order valence-electron chi connectivity index (χ4n) is 2.38. The molecular weight excluding hydrogens is 302 g/mol. The van der Waals surface area contributed by atoms with Gasteiger partial charge in [-0.2, -0.15) is 0 Å². The van der Waals surface area contributed by atoms with Crippen LogP contribution in [-0.2, 0) is 16.1 Å². The molecule has 0 aliphatic carbocycles. The summed E-state index contributed by atoms with van der Waals surface area (Å²) in [6.45, 7) is 11.8. The van der Waals surface area contributed by atoms with E-state index < -0.39 is 0 Å². The number of amides is 2. The second-order valence-corrected chi connectivity index (χ2v) is 6.16. The van der Waals surface area contributed by atoms with E-state index in [-0.39, 0.29) is 11.8 Å². The molecule has 0 aromatic heterocycles. The SMILES string of the molecule is CC(=O)Nc1ccc(CN2CCN(C(C)=O)CC2)cc1.CCCC. The van der Waals surface area contributed by atoms with Crippen LogP contribution < -0.4 is 5.32 Å². The molecule has 0 radical (unpaired) electrons. The Hall–Kier alpha value is -1.88. The maximum absolute atomic E-state index is 11.3. The van der Waals surface area contributed by atoms with Crippen molar-refractivity contribution in [1.29, 1.82) is 0 Å². The van der Waals surface area contributed by atoms with E-state index in [0.717, 1.165) is 38.4 Å². The Balaban J connectivity index is 0.000000648. The Morgan fingerprint density at radius 2 is 1.50 bits per heavy atom. The van der Waals surface area contributed by atoms with Crippen molar-refractivity contribution in [2.45, 2.75) is 47.1 Å². The van der Waals surface area contributed by atoms with Crippen molar-refractivity contribution in [3.05, 3.63) is 29.8 Å². The van der Waals surface area contributed by atoms with Crippen LogP contribution in [0.15, 0.2) is 24.3 Å². The molecule has 0 atom stereocenters. The van der Waals surface area contributed by atoms with E-state index in [4.69, 9.17) is 0 Å². The Kier molecular flexibility index (Phi) is 9.08. The molecule has 0 bridgehead atoms. The Labute approximate surface area is 146 Å². The Morgan fingerprint density at radius 3 is 1.92 bits per heavy atom. The van der Waals surface area contributed by atoms with Gasteiger partial charge >= 0.3 is 0 Å². The largest absolute Gasteiger partial charge is 0.340 e. The molecule has 24 heavy (non-hydrogen) atoms. The molecule has 1 aromatic rings. The minimum absolute atomic E-state index is 0.0573. The first-order valence-electron chi connectivity index (χ1n) is 8.80. The topological polar surface area (TPSA) is 52.7 Å². The first kappa shape index (κ1) is 20.2. The number of benzene rings is 1. The van der Waals surface area contributed by atoms with Crippen LogP contribution in [0.25, 0.3) is 0 Å². The zero-order valence-electron chi connectivity index (χ0n) is 15.5. The smallest absolute Gasteiger partial charge is 0.221 e. The summed E-state index contributed by atoms with van der Waals surface area (Å²) in [5.74, 6) is 0.0995. The van der Waals surface area contributed by atoms with Gasteiger partial charge in [-0.25, -0.2) is 0 Å². The average molecular weight is 333 g/mol. The van der Waals surface area contributed by atoms with Crippen LogP contribution in [0.3, 0.4) is 0 Å². The molecule has 0 spiro atoms. The average Bonchev–Trinajstić information content (AvgIpc) is 2.57. The molecule has 1 aromatic carbocycles. The molecule has 1 aliphatic heterocycles. The van der Waals surface area contributed by atoms with Gasteiger partial charge < -0.3 is 10.2 Å². The molecule has 0 unspecified atom stereocenters. The minimum Gasteiger partial charge on any atom is -0.340 e. The normalized spacial score (nSPS) is 14.6. The lowest BCUT2D eigenvalue weighted by atomic mass is 10.1. The second kappa shape index (κ2) is 10.8.